The lowest BCUT2D eigenvalue weighted by Crippen LogP contribution is -2.39. The number of rotatable bonds is 1. The second kappa shape index (κ2) is 4.85. The Morgan fingerprint density at radius 3 is 2.56 bits per heavy atom. The van der Waals surface area contributed by atoms with Gasteiger partial charge in [0.2, 0.25) is 0 Å². The fourth-order valence-corrected chi connectivity index (χ4v) is 1.95. The van der Waals surface area contributed by atoms with Crippen molar-refractivity contribution in [3.05, 3.63) is 35.1 Å². The average molecular weight is 263 g/mol. The van der Waals surface area contributed by atoms with E-state index in [4.69, 9.17) is 4.74 Å². The molecule has 0 bridgehead atoms. The molecule has 2 atom stereocenters. The molecule has 6 heteroatoms. The molecule has 1 heterocycles. The highest BCUT2D eigenvalue weighted by Gasteiger charge is 2.32. The summed E-state index contributed by atoms with van der Waals surface area (Å²) in [6, 6.07) is 2.51. The van der Waals surface area contributed by atoms with E-state index in [2.05, 4.69) is 5.32 Å². The number of alkyl halides is 3. The number of halogens is 4. The van der Waals surface area contributed by atoms with Crippen molar-refractivity contribution in [2.24, 2.45) is 0 Å². The zero-order chi connectivity index (χ0) is 13.3. The lowest BCUT2D eigenvalue weighted by atomic mass is 10.0. The van der Waals surface area contributed by atoms with Crippen molar-refractivity contribution in [3.63, 3.8) is 0 Å². The lowest BCUT2D eigenvalue weighted by Gasteiger charge is -2.29. The minimum atomic E-state index is -4.55. The summed E-state index contributed by atoms with van der Waals surface area (Å²) in [5, 5.41) is 3.03. The molecular weight excluding hydrogens is 250 g/mol. The minimum Gasteiger partial charge on any atom is -0.368 e. The van der Waals surface area contributed by atoms with Crippen LogP contribution in [0.4, 0.5) is 17.6 Å². The van der Waals surface area contributed by atoms with Crippen LogP contribution in [0.1, 0.15) is 24.2 Å². The molecular formula is C12H13F4NO. The van der Waals surface area contributed by atoms with Crippen LogP contribution in [0.5, 0.6) is 0 Å². The Morgan fingerprint density at radius 1 is 1.22 bits per heavy atom. The van der Waals surface area contributed by atoms with Gasteiger partial charge in [-0.15, -0.1) is 0 Å². The maximum Gasteiger partial charge on any atom is 0.416 e. The van der Waals surface area contributed by atoms with Crippen LogP contribution in [-0.4, -0.2) is 19.2 Å². The van der Waals surface area contributed by atoms with E-state index in [0.29, 0.717) is 19.2 Å². The molecule has 2 nitrogen and oxygen atoms in total. The van der Waals surface area contributed by atoms with Crippen molar-refractivity contribution in [1.29, 1.82) is 0 Å². The second-order valence-electron chi connectivity index (χ2n) is 4.36. The second-order valence-corrected chi connectivity index (χ2v) is 4.36. The number of benzene rings is 1. The summed E-state index contributed by atoms with van der Waals surface area (Å²) in [5.41, 5.74) is -0.777. The number of nitrogens with one attached hydrogen (secondary N) is 1. The first-order valence-corrected chi connectivity index (χ1v) is 5.60. The highest BCUT2D eigenvalue weighted by Crippen LogP contribution is 2.32. The normalized spacial score (nSPS) is 25.2. The molecule has 2 unspecified atom stereocenters. The summed E-state index contributed by atoms with van der Waals surface area (Å²) in [4.78, 5) is 0. The van der Waals surface area contributed by atoms with Crippen molar-refractivity contribution >= 4 is 0 Å². The van der Waals surface area contributed by atoms with Crippen LogP contribution in [0.25, 0.3) is 0 Å². The van der Waals surface area contributed by atoms with Gasteiger partial charge in [0.15, 0.2) is 0 Å². The summed E-state index contributed by atoms with van der Waals surface area (Å²) in [7, 11) is 0. The summed E-state index contributed by atoms with van der Waals surface area (Å²) in [5.74, 6) is -0.901. The Kier molecular flexibility index (Phi) is 3.59. The van der Waals surface area contributed by atoms with Crippen molar-refractivity contribution in [1.82, 2.24) is 5.32 Å². The highest BCUT2D eigenvalue weighted by molar-refractivity contribution is 5.29. The average Bonchev–Trinajstić information content (AvgIpc) is 2.27. The van der Waals surface area contributed by atoms with Gasteiger partial charge in [0.05, 0.1) is 17.8 Å². The van der Waals surface area contributed by atoms with Gasteiger partial charge in [0.1, 0.15) is 5.82 Å². The molecule has 2 rings (SSSR count). The van der Waals surface area contributed by atoms with Crippen molar-refractivity contribution in [2.45, 2.75) is 25.3 Å². The van der Waals surface area contributed by atoms with Crippen LogP contribution < -0.4 is 5.32 Å². The Morgan fingerprint density at radius 2 is 1.94 bits per heavy atom. The third kappa shape index (κ3) is 3.00. The number of hydrogen-bond acceptors (Lipinski definition) is 2. The molecule has 1 saturated heterocycles. The van der Waals surface area contributed by atoms with Crippen LogP contribution in [-0.2, 0) is 10.9 Å². The molecule has 100 valence electrons. The Hall–Kier alpha value is -1.14. The molecule has 1 fully saturated rings. The Balaban J connectivity index is 2.30. The van der Waals surface area contributed by atoms with E-state index in [1.807, 2.05) is 6.92 Å². The van der Waals surface area contributed by atoms with E-state index in [1.165, 1.54) is 0 Å². The molecule has 0 aliphatic carbocycles. The molecule has 0 amide bonds. The molecule has 1 N–H and O–H groups in total. The van der Waals surface area contributed by atoms with Crippen LogP contribution in [0.3, 0.4) is 0 Å². The Labute approximate surface area is 102 Å². The quantitative estimate of drug-likeness (QED) is 0.787. The predicted molar refractivity (Wildman–Crippen MR) is 57.6 cm³/mol. The van der Waals surface area contributed by atoms with E-state index in [9.17, 15) is 17.6 Å². The topological polar surface area (TPSA) is 21.3 Å². The lowest BCUT2D eigenvalue weighted by molar-refractivity contribution is -0.138. The third-order valence-corrected chi connectivity index (χ3v) is 2.78. The number of morpholine rings is 1. The van der Waals surface area contributed by atoms with Crippen LogP contribution in [0.2, 0.25) is 0 Å². The monoisotopic (exact) mass is 263 g/mol. The standard InChI is InChI=1S/C12H13F4NO/c1-7-5-17-6-11(18-7)8-2-9(12(14,15)16)4-10(13)3-8/h2-4,7,11,17H,5-6H2,1H3. The van der Waals surface area contributed by atoms with Gasteiger partial charge in [-0.25, -0.2) is 4.39 Å². The fourth-order valence-electron chi connectivity index (χ4n) is 1.95. The van der Waals surface area contributed by atoms with Crippen molar-refractivity contribution in [3.8, 4) is 0 Å². The molecule has 0 saturated carbocycles. The van der Waals surface area contributed by atoms with Crippen LogP contribution in [0, 0.1) is 5.82 Å². The van der Waals surface area contributed by atoms with E-state index in [1.54, 1.807) is 0 Å². The smallest absolute Gasteiger partial charge is 0.368 e. The molecule has 0 spiro atoms. The summed E-state index contributed by atoms with van der Waals surface area (Å²) < 4.78 is 56.4. The molecule has 18 heavy (non-hydrogen) atoms. The molecule has 0 radical (unpaired) electrons. The first-order chi connectivity index (χ1) is 8.36. The van der Waals surface area contributed by atoms with Crippen LogP contribution in [0.15, 0.2) is 18.2 Å². The first-order valence-electron chi connectivity index (χ1n) is 5.60. The molecule has 1 aromatic rings. The third-order valence-electron chi connectivity index (χ3n) is 2.78. The van der Waals surface area contributed by atoms with Crippen LogP contribution >= 0.6 is 0 Å². The zero-order valence-electron chi connectivity index (χ0n) is 9.72. The fraction of sp³-hybridized carbons (Fsp3) is 0.500. The van der Waals surface area contributed by atoms with Gasteiger partial charge in [0, 0.05) is 13.1 Å². The maximum absolute atomic E-state index is 13.2. The van der Waals surface area contributed by atoms with Gasteiger partial charge in [-0.1, -0.05) is 0 Å². The summed E-state index contributed by atoms with van der Waals surface area (Å²) in [6.45, 7) is 2.83. The van der Waals surface area contributed by atoms with Gasteiger partial charge >= 0.3 is 6.18 Å². The summed E-state index contributed by atoms with van der Waals surface area (Å²) in [6.07, 6.45) is -5.21. The van der Waals surface area contributed by atoms with Gasteiger partial charge in [-0.05, 0) is 30.7 Å². The van der Waals surface area contributed by atoms with Gasteiger partial charge in [-0.3, -0.25) is 0 Å². The molecule has 1 aliphatic heterocycles. The van der Waals surface area contributed by atoms with Gasteiger partial charge < -0.3 is 10.1 Å². The predicted octanol–water partition coefficient (Wildman–Crippen LogP) is 2.89. The zero-order valence-corrected chi connectivity index (χ0v) is 9.72. The largest absolute Gasteiger partial charge is 0.416 e. The number of ether oxygens (including phenoxy) is 1. The van der Waals surface area contributed by atoms with E-state index in [0.717, 1.165) is 12.1 Å². The molecule has 0 aromatic heterocycles. The minimum absolute atomic E-state index is 0.110. The summed E-state index contributed by atoms with van der Waals surface area (Å²) >= 11 is 0. The molecule has 1 aromatic carbocycles. The first kappa shape index (κ1) is 13.3. The van der Waals surface area contributed by atoms with Gasteiger partial charge in [-0.2, -0.15) is 13.2 Å². The van der Waals surface area contributed by atoms with Crippen molar-refractivity contribution < 1.29 is 22.3 Å². The molecule has 1 aliphatic rings. The van der Waals surface area contributed by atoms with E-state index >= 15 is 0 Å². The Bertz CT molecular complexity index is 433. The highest BCUT2D eigenvalue weighted by atomic mass is 19.4. The van der Waals surface area contributed by atoms with Crippen molar-refractivity contribution in [2.75, 3.05) is 13.1 Å². The maximum atomic E-state index is 13.2. The van der Waals surface area contributed by atoms with E-state index < -0.39 is 23.7 Å². The number of hydrogen-bond donors (Lipinski definition) is 1. The van der Waals surface area contributed by atoms with E-state index in [-0.39, 0.29) is 11.7 Å². The SMILES string of the molecule is CC1CNCC(c2cc(F)cc(C(F)(F)F)c2)O1. The van der Waals surface area contributed by atoms with Gasteiger partial charge in [0.25, 0.3) is 0 Å².